The minimum atomic E-state index is -0.199. The van der Waals surface area contributed by atoms with Crippen molar-refractivity contribution in [1.29, 1.82) is 0 Å². The van der Waals surface area contributed by atoms with E-state index in [0.717, 1.165) is 44.3 Å². The number of hydrogen-bond acceptors (Lipinski definition) is 3. The summed E-state index contributed by atoms with van der Waals surface area (Å²) in [7, 11) is 6.13. The number of halogens is 2. The van der Waals surface area contributed by atoms with E-state index in [0.29, 0.717) is 22.5 Å². The highest BCUT2D eigenvalue weighted by molar-refractivity contribution is 6.42. The van der Waals surface area contributed by atoms with Crippen molar-refractivity contribution in [3.05, 3.63) is 33.8 Å². The summed E-state index contributed by atoms with van der Waals surface area (Å²) in [6.45, 7) is 0.797. The molecule has 4 nitrogen and oxygen atoms in total. The molecule has 1 spiro atoms. The number of amides is 1. The molecule has 1 aliphatic heterocycles. The highest BCUT2D eigenvalue weighted by Crippen LogP contribution is 2.43. The Hall–Kier alpha value is -0.810. The molecular formula is C20H28Cl2N2O2. The predicted octanol–water partition coefficient (Wildman–Crippen LogP) is 4.03. The maximum absolute atomic E-state index is 13.1. The second-order valence-corrected chi connectivity index (χ2v) is 8.63. The maximum Gasteiger partial charge on any atom is 0.227 e. The van der Waals surface area contributed by atoms with Gasteiger partial charge in [0, 0.05) is 19.7 Å². The first kappa shape index (κ1) is 19.9. The summed E-state index contributed by atoms with van der Waals surface area (Å²) >= 11 is 12.1. The van der Waals surface area contributed by atoms with Crippen LogP contribution in [0.15, 0.2) is 18.2 Å². The molecule has 0 bridgehead atoms. The SMILES string of the molecule is CN(C)[C@@H]1CCCC2(CCCO2)[C@H]1N(C)C(=O)Cc1ccc(Cl)c(Cl)c1. The standard InChI is InChI=1S/C20H28Cl2N2O2/c1-23(2)17-6-4-9-20(10-5-11-26-20)19(17)24(3)18(25)13-14-7-8-15(21)16(22)12-14/h7-8,12,17,19H,4-6,9-11,13H2,1-3H3/t17-,19+,20?/m1/s1. The molecule has 1 aromatic rings. The number of likely N-dealkylation sites (N-methyl/N-ethyl adjacent to an activating group) is 2. The fourth-order valence-corrected chi connectivity index (χ4v) is 4.99. The van der Waals surface area contributed by atoms with E-state index >= 15 is 0 Å². The molecule has 1 amide bonds. The van der Waals surface area contributed by atoms with Gasteiger partial charge < -0.3 is 14.5 Å². The van der Waals surface area contributed by atoms with Gasteiger partial charge in [-0.25, -0.2) is 0 Å². The van der Waals surface area contributed by atoms with Gasteiger partial charge >= 0.3 is 0 Å². The Bertz CT molecular complexity index is 659. The van der Waals surface area contributed by atoms with Crippen molar-refractivity contribution >= 4 is 29.1 Å². The lowest BCUT2D eigenvalue weighted by molar-refractivity contribution is -0.149. The van der Waals surface area contributed by atoms with Gasteiger partial charge in [-0.15, -0.1) is 0 Å². The molecule has 3 atom stereocenters. The van der Waals surface area contributed by atoms with Gasteiger partial charge in [0.05, 0.1) is 28.1 Å². The van der Waals surface area contributed by atoms with Crippen LogP contribution in [0.25, 0.3) is 0 Å². The number of hydrogen-bond donors (Lipinski definition) is 0. The number of ether oxygens (including phenoxy) is 1. The van der Waals surface area contributed by atoms with Gasteiger partial charge in [0.2, 0.25) is 5.91 Å². The molecule has 2 aliphatic rings. The molecule has 1 unspecified atom stereocenters. The van der Waals surface area contributed by atoms with Crippen molar-refractivity contribution in [2.45, 2.75) is 56.2 Å². The largest absolute Gasteiger partial charge is 0.373 e. The van der Waals surface area contributed by atoms with E-state index in [-0.39, 0.29) is 17.6 Å². The van der Waals surface area contributed by atoms with E-state index in [1.807, 2.05) is 18.0 Å². The van der Waals surface area contributed by atoms with Gasteiger partial charge in [0.15, 0.2) is 0 Å². The van der Waals surface area contributed by atoms with Crippen LogP contribution in [-0.4, -0.2) is 61.1 Å². The van der Waals surface area contributed by atoms with E-state index < -0.39 is 0 Å². The fourth-order valence-electron chi connectivity index (χ4n) is 4.67. The topological polar surface area (TPSA) is 32.8 Å². The number of carbonyl (C=O) groups excluding carboxylic acids is 1. The normalized spacial score (nSPS) is 28.7. The first-order valence-corrected chi connectivity index (χ1v) is 10.1. The van der Waals surface area contributed by atoms with Crippen LogP contribution in [0.1, 0.15) is 37.7 Å². The molecule has 2 fully saturated rings. The Morgan fingerprint density at radius 2 is 1.92 bits per heavy atom. The van der Waals surface area contributed by atoms with Gasteiger partial charge in [-0.05, 0) is 63.9 Å². The van der Waals surface area contributed by atoms with Gasteiger partial charge in [-0.2, -0.15) is 0 Å². The van der Waals surface area contributed by atoms with E-state index in [1.54, 1.807) is 12.1 Å². The second kappa shape index (κ2) is 8.05. The zero-order valence-electron chi connectivity index (χ0n) is 15.8. The Morgan fingerprint density at radius 3 is 2.54 bits per heavy atom. The lowest BCUT2D eigenvalue weighted by atomic mass is 9.74. The third-order valence-electron chi connectivity index (χ3n) is 5.95. The summed E-state index contributed by atoms with van der Waals surface area (Å²) in [6, 6.07) is 5.78. The number of benzene rings is 1. The van der Waals surface area contributed by atoms with Crippen LogP contribution in [0.2, 0.25) is 10.0 Å². The van der Waals surface area contributed by atoms with Crippen molar-refractivity contribution in [2.24, 2.45) is 0 Å². The van der Waals surface area contributed by atoms with Crippen LogP contribution in [0.4, 0.5) is 0 Å². The summed E-state index contributed by atoms with van der Waals surface area (Å²) in [5, 5.41) is 0.994. The molecule has 26 heavy (non-hydrogen) atoms. The number of nitrogens with zero attached hydrogens (tertiary/aromatic N) is 2. The third-order valence-corrected chi connectivity index (χ3v) is 6.69. The molecule has 0 aromatic heterocycles. The zero-order chi connectivity index (χ0) is 18.9. The van der Waals surface area contributed by atoms with Gasteiger partial charge in [-0.1, -0.05) is 29.3 Å². The molecular weight excluding hydrogens is 371 g/mol. The van der Waals surface area contributed by atoms with Gasteiger partial charge in [0.1, 0.15) is 0 Å². The monoisotopic (exact) mass is 398 g/mol. The molecule has 0 N–H and O–H groups in total. The summed E-state index contributed by atoms with van der Waals surface area (Å²) in [5.41, 5.74) is 0.685. The fraction of sp³-hybridized carbons (Fsp3) is 0.650. The summed E-state index contributed by atoms with van der Waals surface area (Å²) in [5.74, 6) is 0.0945. The average molecular weight is 399 g/mol. The predicted molar refractivity (Wildman–Crippen MR) is 106 cm³/mol. The van der Waals surface area contributed by atoms with Crippen LogP contribution in [0.3, 0.4) is 0 Å². The van der Waals surface area contributed by atoms with Crippen molar-refractivity contribution in [3.63, 3.8) is 0 Å². The second-order valence-electron chi connectivity index (χ2n) is 7.81. The van der Waals surface area contributed by atoms with Crippen LogP contribution in [0, 0.1) is 0 Å². The molecule has 1 saturated heterocycles. The molecule has 1 saturated carbocycles. The van der Waals surface area contributed by atoms with Gasteiger partial charge in [0.25, 0.3) is 0 Å². The quantitative estimate of drug-likeness (QED) is 0.767. The molecule has 6 heteroatoms. The maximum atomic E-state index is 13.1. The summed E-state index contributed by atoms with van der Waals surface area (Å²) in [6.07, 6.45) is 5.70. The van der Waals surface area contributed by atoms with E-state index in [2.05, 4.69) is 19.0 Å². The van der Waals surface area contributed by atoms with Crippen LogP contribution < -0.4 is 0 Å². The summed E-state index contributed by atoms with van der Waals surface area (Å²) in [4.78, 5) is 17.3. The number of rotatable bonds is 4. The van der Waals surface area contributed by atoms with E-state index in [4.69, 9.17) is 27.9 Å². The Kier molecular flexibility index (Phi) is 6.18. The minimum absolute atomic E-state index is 0.0732. The smallest absolute Gasteiger partial charge is 0.227 e. The van der Waals surface area contributed by atoms with Crippen molar-refractivity contribution in [1.82, 2.24) is 9.80 Å². The lowest BCUT2D eigenvalue weighted by Gasteiger charge is -2.51. The van der Waals surface area contributed by atoms with Crippen LogP contribution in [0.5, 0.6) is 0 Å². The molecule has 1 heterocycles. The molecule has 0 radical (unpaired) electrons. The van der Waals surface area contributed by atoms with E-state index in [9.17, 15) is 4.79 Å². The highest BCUT2D eigenvalue weighted by Gasteiger charge is 2.51. The van der Waals surface area contributed by atoms with E-state index in [1.165, 1.54) is 0 Å². The Labute approximate surface area is 166 Å². The van der Waals surface area contributed by atoms with Crippen LogP contribution >= 0.6 is 23.2 Å². The first-order valence-electron chi connectivity index (χ1n) is 9.34. The molecule has 3 rings (SSSR count). The van der Waals surface area contributed by atoms with Crippen molar-refractivity contribution < 1.29 is 9.53 Å². The molecule has 144 valence electrons. The lowest BCUT2D eigenvalue weighted by Crippen LogP contribution is -2.64. The average Bonchev–Trinajstić information content (AvgIpc) is 3.06. The van der Waals surface area contributed by atoms with Crippen LogP contribution in [-0.2, 0) is 16.0 Å². The number of carbonyl (C=O) groups is 1. The van der Waals surface area contributed by atoms with Crippen molar-refractivity contribution in [2.75, 3.05) is 27.7 Å². The minimum Gasteiger partial charge on any atom is -0.373 e. The molecule has 1 aromatic carbocycles. The summed E-state index contributed by atoms with van der Waals surface area (Å²) < 4.78 is 6.27. The van der Waals surface area contributed by atoms with Crippen molar-refractivity contribution in [3.8, 4) is 0 Å². The Morgan fingerprint density at radius 1 is 1.19 bits per heavy atom. The third kappa shape index (κ3) is 3.89. The first-order chi connectivity index (χ1) is 12.3. The molecule has 1 aliphatic carbocycles. The zero-order valence-corrected chi connectivity index (χ0v) is 17.3. The highest BCUT2D eigenvalue weighted by atomic mass is 35.5. The van der Waals surface area contributed by atoms with Gasteiger partial charge in [-0.3, -0.25) is 4.79 Å². The Balaban J connectivity index is 1.82.